The third kappa shape index (κ3) is 3.28. The van der Waals surface area contributed by atoms with Crippen LogP contribution in [-0.4, -0.2) is 45.1 Å². The first-order chi connectivity index (χ1) is 15.7. The molecule has 3 aromatic rings. The molecule has 0 aromatic carbocycles. The summed E-state index contributed by atoms with van der Waals surface area (Å²) in [4.78, 5) is 35.6. The van der Waals surface area contributed by atoms with Crippen LogP contribution in [0.1, 0.15) is 36.6 Å². The number of nitrogens with one attached hydrogen (secondary N) is 1. The van der Waals surface area contributed by atoms with Gasteiger partial charge in [0.25, 0.3) is 0 Å². The molecule has 2 bridgehead atoms. The van der Waals surface area contributed by atoms with Crippen molar-refractivity contribution >= 4 is 29.4 Å². The highest BCUT2D eigenvalue weighted by Gasteiger charge is 2.40. The average Bonchev–Trinajstić information content (AvgIpc) is 3.60. The Morgan fingerprint density at radius 2 is 2.06 bits per heavy atom. The fourth-order valence-electron chi connectivity index (χ4n) is 4.54. The number of carbonyl (C=O) groups excluding carboxylic acids is 1. The zero-order valence-electron chi connectivity index (χ0n) is 17.6. The first-order valence-electron chi connectivity index (χ1n) is 11.0. The van der Waals surface area contributed by atoms with Crippen LogP contribution in [0, 0.1) is 0 Å². The number of pyridine rings is 2. The van der Waals surface area contributed by atoms with Crippen molar-refractivity contribution in [2.75, 3.05) is 28.2 Å². The number of aromatic nitrogens is 4. The molecule has 0 unspecified atom stereocenters. The van der Waals surface area contributed by atoms with Gasteiger partial charge in [0, 0.05) is 37.0 Å². The summed E-state index contributed by atoms with van der Waals surface area (Å²) in [6.45, 7) is 5.52. The van der Waals surface area contributed by atoms with E-state index in [1.807, 2.05) is 18.2 Å². The number of nitrogens with zero attached hydrogens (tertiary/aromatic N) is 6. The topological polar surface area (TPSA) is 87.1 Å². The summed E-state index contributed by atoms with van der Waals surface area (Å²) >= 11 is 0. The van der Waals surface area contributed by atoms with Crippen LogP contribution >= 0.6 is 0 Å². The quantitative estimate of drug-likeness (QED) is 0.678. The Morgan fingerprint density at radius 3 is 2.91 bits per heavy atom. The molecule has 3 aliphatic rings. The third-order valence-electron chi connectivity index (χ3n) is 6.34. The summed E-state index contributed by atoms with van der Waals surface area (Å²) in [5, 5.41) is 2.97. The van der Waals surface area contributed by atoms with Crippen LogP contribution in [0.2, 0.25) is 0 Å². The number of fused-ring (bicyclic) bond motifs is 4. The van der Waals surface area contributed by atoms with Crippen molar-refractivity contribution in [2.24, 2.45) is 0 Å². The molecular weight excluding hydrogens is 402 g/mol. The van der Waals surface area contributed by atoms with Gasteiger partial charge >= 0.3 is 6.03 Å². The number of hydrogen-bond donors (Lipinski definition) is 1. The maximum Gasteiger partial charge on any atom is 0.329 e. The van der Waals surface area contributed by atoms with Crippen LogP contribution in [0.3, 0.4) is 0 Å². The minimum Gasteiger partial charge on any atom is -0.366 e. The Kier molecular flexibility index (Phi) is 4.38. The minimum absolute atomic E-state index is 0.0750. The summed E-state index contributed by atoms with van der Waals surface area (Å²) in [5.74, 6) is 1.64. The zero-order chi connectivity index (χ0) is 21.7. The van der Waals surface area contributed by atoms with Gasteiger partial charge in [-0.3, -0.25) is 20.2 Å². The molecule has 1 saturated carbocycles. The molecule has 8 heteroatoms. The molecule has 2 fully saturated rings. The van der Waals surface area contributed by atoms with Crippen LogP contribution in [0.4, 0.5) is 22.1 Å². The van der Waals surface area contributed by atoms with E-state index < -0.39 is 0 Å². The molecule has 32 heavy (non-hydrogen) atoms. The first-order valence-corrected chi connectivity index (χ1v) is 11.0. The fraction of sp³-hybridized carbons (Fsp3) is 0.292. The Bertz CT molecular complexity index is 1220. The van der Waals surface area contributed by atoms with Crippen molar-refractivity contribution in [2.45, 2.75) is 31.2 Å². The van der Waals surface area contributed by atoms with Crippen LogP contribution < -0.4 is 15.1 Å². The first kappa shape index (κ1) is 18.9. The second-order valence-electron chi connectivity index (χ2n) is 8.50. The van der Waals surface area contributed by atoms with Gasteiger partial charge in [-0.2, -0.15) is 0 Å². The van der Waals surface area contributed by atoms with Gasteiger partial charge in [-0.15, -0.1) is 0 Å². The van der Waals surface area contributed by atoms with E-state index in [1.165, 1.54) is 0 Å². The van der Waals surface area contributed by atoms with E-state index >= 15 is 0 Å². The van der Waals surface area contributed by atoms with Gasteiger partial charge in [0.1, 0.15) is 0 Å². The Balaban J connectivity index is 1.35. The van der Waals surface area contributed by atoms with Crippen molar-refractivity contribution in [3.05, 3.63) is 60.8 Å². The minimum atomic E-state index is -0.216. The summed E-state index contributed by atoms with van der Waals surface area (Å²) in [5.41, 5.74) is 4.45. The molecule has 1 atom stereocenters. The van der Waals surface area contributed by atoms with Crippen LogP contribution in [0.15, 0.2) is 49.4 Å². The van der Waals surface area contributed by atoms with Gasteiger partial charge in [-0.05, 0) is 49.6 Å². The molecule has 0 radical (unpaired) electrons. The van der Waals surface area contributed by atoms with Gasteiger partial charge in [0.15, 0.2) is 11.6 Å². The SMILES string of the molecule is C=Cc1cc(-c2ccc3c(n2)N(C(=O)Nc2cncc(C4CC4)n2)[C@H]2CCN3C2)ccn1. The molecule has 8 nitrogen and oxygen atoms in total. The Morgan fingerprint density at radius 1 is 1.16 bits per heavy atom. The van der Waals surface area contributed by atoms with Crippen molar-refractivity contribution in [1.82, 2.24) is 19.9 Å². The normalized spacial score (nSPS) is 18.9. The summed E-state index contributed by atoms with van der Waals surface area (Å²) in [6, 6.07) is 7.78. The lowest BCUT2D eigenvalue weighted by Crippen LogP contribution is -2.48. The number of hydrogen-bond acceptors (Lipinski definition) is 6. The predicted octanol–water partition coefficient (Wildman–Crippen LogP) is 4.08. The maximum absolute atomic E-state index is 13.4. The predicted molar refractivity (Wildman–Crippen MR) is 124 cm³/mol. The van der Waals surface area contributed by atoms with Crippen molar-refractivity contribution in [3.63, 3.8) is 0 Å². The Labute approximate surface area is 186 Å². The molecule has 0 spiro atoms. The smallest absolute Gasteiger partial charge is 0.329 e. The van der Waals surface area contributed by atoms with E-state index in [2.05, 4.69) is 37.8 Å². The van der Waals surface area contributed by atoms with E-state index in [0.717, 1.165) is 60.7 Å². The van der Waals surface area contributed by atoms with Gasteiger partial charge in [-0.25, -0.2) is 14.8 Å². The number of anilines is 3. The molecule has 3 aromatic heterocycles. The highest BCUT2D eigenvalue weighted by atomic mass is 16.2. The van der Waals surface area contributed by atoms with E-state index in [-0.39, 0.29) is 12.1 Å². The third-order valence-corrected chi connectivity index (χ3v) is 6.34. The van der Waals surface area contributed by atoms with Crippen LogP contribution in [-0.2, 0) is 0 Å². The molecule has 5 heterocycles. The molecule has 2 aliphatic heterocycles. The second-order valence-corrected chi connectivity index (χ2v) is 8.50. The lowest BCUT2D eigenvalue weighted by Gasteiger charge is -2.35. The molecule has 1 N–H and O–H groups in total. The van der Waals surface area contributed by atoms with Gasteiger partial charge in [0.05, 0.1) is 35.0 Å². The number of urea groups is 1. The van der Waals surface area contributed by atoms with Gasteiger partial charge < -0.3 is 4.90 Å². The standard InChI is InChI=1S/C24H23N7O/c1-2-17-11-16(7-9-26-17)19-5-6-21-23(28-19)31(18-8-10-30(21)14-18)24(32)29-22-13-25-12-20(27-22)15-3-4-15/h2,5-7,9,11-13,15,18H,1,3-4,8,10,14H2,(H,27,29,32)/t18-/m0/s1. The van der Waals surface area contributed by atoms with Gasteiger partial charge in [-0.1, -0.05) is 6.58 Å². The van der Waals surface area contributed by atoms with Crippen molar-refractivity contribution in [3.8, 4) is 11.3 Å². The lowest BCUT2D eigenvalue weighted by atomic mass is 10.1. The number of carbonyl (C=O) groups is 1. The highest BCUT2D eigenvalue weighted by molar-refractivity contribution is 6.04. The van der Waals surface area contributed by atoms with E-state index in [0.29, 0.717) is 17.6 Å². The van der Waals surface area contributed by atoms with Crippen molar-refractivity contribution < 1.29 is 4.79 Å². The molecule has 1 saturated heterocycles. The number of amides is 2. The van der Waals surface area contributed by atoms with E-state index in [4.69, 9.17) is 4.98 Å². The summed E-state index contributed by atoms with van der Waals surface area (Å²) in [7, 11) is 0. The largest absolute Gasteiger partial charge is 0.366 e. The number of rotatable bonds is 4. The average molecular weight is 425 g/mol. The summed E-state index contributed by atoms with van der Waals surface area (Å²) in [6.07, 6.45) is 10.0. The molecular formula is C24H23N7O. The van der Waals surface area contributed by atoms with Crippen LogP contribution in [0.25, 0.3) is 17.3 Å². The lowest BCUT2D eigenvalue weighted by molar-refractivity contribution is 0.254. The monoisotopic (exact) mass is 425 g/mol. The molecule has 2 amide bonds. The molecule has 1 aliphatic carbocycles. The van der Waals surface area contributed by atoms with Crippen molar-refractivity contribution in [1.29, 1.82) is 0 Å². The zero-order valence-corrected chi connectivity index (χ0v) is 17.6. The molecule has 160 valence electrons. The summed E-state index contributed by atoms with van der Waals surface area (Å²) < 4.78 is 0. The second kappa shape index (κ2) is 7.40. The maximum atomic E-state index is 13.4. The van der Waals surface area contributed by atoms with E-state index in [9.17, 15) is 4.79 Å². The molecule has 6 rings (SSSR count). The van der Waals surface area contributed by atoms with Crippen LogP contribution in [0.5, 0.6) is 0 Å². The fourth-order valence-corrected chi connectivity index (χ4v) is 4.54. The van der Waals surface area contributed by atoms with E-state index in [1.54, 1.807) is 29.6 Å². The highest BCUT2D eigenvalue weighted by Crippen LogP contribution is 2.41. The Hall–Kier alpha value is -3.81. The van der Waals surface area contributed by atoms with Gasteiger partial charge in [0.2, 0.25) is 0 Å².